The minimum atomic E-state index is -3.56. The standard InChI is InChI=1S/C25H29F3N2O3S/c1-15-3-2-4-20(9-15)34(32,33)8-7-25(31)30-18-5-6-19(30)11-17(10-18)24(29)13-16-12-22(27)23(28)14-21(16)26/h2-4,9,12,14,17-19,24H,5-8,10-11,13,29H2,1H3/t17?,18-,19+,24-/m1/s1. The minimum Gasteiger partial charge on any atom is -0.337 e. The molecule has 4 atom stereocenters. The second-order valence-electron chi connectivity index (χ2n) is 9.53. The second-order valence-corrected chi connectivity index (χ2v) is 11.6. The number of hydrogen-bond donors (Lipinski definition) is 1. The average molecular weight is 495 g/mol. The first-order valence-electron chi connectivity index (χ1n) is 11.5. The van der Waals surface area contributed by atoms with E-state index in [9.17, 15) is 26.4 Å². The van der Waals surface area contributed by atoms with Crippen molar-refractivity contribution in [3.8, 4) is 0 Å². The van der Waals surface area contributed by atoms with Crippen LogP contribution in [0.5, 0.6) is 0 Å². The van der Waals surface area contributed by atoms with E-state index < -0.39 is 33.3 Å². The molecule has 0 spiro atoms. The number of amides is 1. The zero-order valence-corrected chi connectivity index (χ0v) is 19.8. The van der Waals surface area contributed by atoms with Gasteiger partial charge in [-0.1, -0.05) is 12.1 Å². The van der Waals surface area contributed by atoms with Gasteiger partial charge in [-0.05, 0) is 74.3 Å². The molecule has 2 saturated heterocycles. The highest BCUT2D eigenvalue weighted by Crippen LogP contribution is 2.40. The Balaban J connectivity index is 1.37. The average Bonchev–Trinajstić information content (AvgIpc) is 3.05. The van der Waals surface area contributed by atoms with Crippen molar-refractivity contribution >= 4 is 15.7 Å². The van der Waals surface area contributed by atoms with E-state index in [0.29, 0.717) is 18.9 Å². The topological polar surface area (TPSA) is 80.5 Å². The summed E-state index contributed by atoms with van der Waals surface area (Å²) in [4.78, 5) is 15.0. The minimum absolute atomic E-state index is 0.00471. The highest BCUT2D eigenvalue weighted by molar-refractivity contribution is 7.91. The normalized spacial score (nSPS) is 23.2. The fourth-order valence-electron chi connectivity index (χ4n) is 5.39. The Hall–Kier alpha value is -2.39. The van der Waals surface area contributed by atoms with Crippen LogP contribution in [-0.2, 0) is 21.1 Å². The molecule has 2 aromatic carbocycles. The third kappa shape index (κ3) is 5.15. The number of carbonyl (C=O) groups is 1. The summed E-state index contributed by atoms with van der Waals surface area (Å²) in [5.74, 6) is -3.58. The zero-order chi connectivity index (χ0) is 24.6. The molecule has 34 heavy (non-hydrogen) atoms. The predicted octanol–water partition coefficient (Wildman–Crippen LogP) is 3.92. The quantitative estimate of drug-likeness (QED) is 0.592. The van der Waals surface area contributed by atoms with Gasteiger partial charge in [-0.2, -0.15) is 0 Å². The number of benzene rings is 2. The summed E-state index contributed by atoms with van der Waals surface area (Å²) in [5, 5.41) is 0. The molecular weight excluding hydrogens is 465 g/mol. The second kappa shape index (κ2) is 9.70. The van der Waals surface area contributed by atoms with Crippen LogP contribution in [0, 0.1) is 30.3 Å². The van der Waals surface area contributed by atoms with Crippen LogP contribution in [0.25, 0.3) is 0 Å². The van der Waals surface area contributed by atoms with Crippen LogP contribution in [0.2, 0.25) is 0 Å². The van der Waals surface area contributed by atoms with Crippen molar-refractivity contribution in [1.82, 2.24) is 4.90 Å². The Bertz CT molecular complexity index is 1170. The van der Waals surface area contributed by atoms with E-state index in [4.69, 9.17) is 5.73 Å². The number of nitrogens with two attached hydrogens (primary N) is 1. The summed E-state index contributed by atoms with van der Waals surface area (Å²) >= 11 is 0. The first-order valence-corrected chi connectivity index (χ1v) is 13.2. The lowest BCUT2D eigenvalue weighted by Crippen LogP contribution is -2.50. The van der Waals surface area contributed by atoms with Crippen molar-refractivity contribution in [3.05, 3.63) is 65.0 Å². The largest absolute Gasteiger partial charge is 0.337 e. The molecule has 0 aliphatic carbocycles. The van der Waals surface area contributed by atoms with Gasteiger partial charge in [0.25, 0.3) is 0 Å². The van der Waals surface area contributed by atoms with Gasteiger partial charge in [-0.3, -0.25) is 4.79 Å². The molecule has 5 nitrogen and oxygen atoms in total. The maximum absolute atomic E-state index is 14.1. The Morgan fingerprint density at radius 3 is 2.35 bits per heavy atom. The molecule has 0 saturated carbocycles. The lowest BCUT2D eigenvalue weighted by Gasteiger charge is -2.41. The highest BCUT2D eigenvalue weighted by Gasteiger charge is 2.44. The summed E-state index contributed by atoms with van der Waals surface area (Å²) in [7, 11) is -3.56. The number of sulfone groups is 1. The van der Waals surface area contributed by atoms with Gasteiger partial charge in [0.2, 0.25) is 5.91 Å². The van der Waals surface area contributed by atoms with Crippen LogP contribution >= 0.6 is 0 Å². The van der Waals surface area contributed by atoms with Gasteiger partial charge in [0.05, 0.1) is 10.6 Å². The molecule has 0 radical (unpaired) electrons. The number of halogens is 3. The van der Waals surface area contributed by atoms with E-state index in [1.54, 1.807) is 18.2 Å². The van der Waals surface area contributed by atoms with Gasteiger partial charge < -0.3 is 10.6 Å². The molecule has 2 aliphatic heterocycles. The molecule has 2 N–H and O–H groups in total. The van der Waals surface area contributed by atoms with Crippen molar-refractivity contribution in [1.29, 1.82) is 0 Å². The molecule has 1 amide bonds. The molecule has 2 bridgehead atoms. The van der Waals surface area contributed by atoms with Crippen molar-refractivity contribution in [3.63, 3.8) is 0 Å². The molecule has 1 unspecified atom stereocenters. The van der Waals surface area contributed by atoms with Gasteiger partial charge >= 0.3 is 0 Å². The highest BCUT2D eigenvalue weighted by atomic mass is 32.2. The molecule has 184 valence electrons. The lowest BCUT2D eigenvalue weighted by molar-refractivity contribution is -0.136. The first kappa shape index (κ1) is 24.7. The van der Waals surface area contributed by atoms with Gasteiger partial charge in [-0.25, -0.2) is 21.6 Å². The van der Waals surface area contributed by atoms with Gasteiger partial charge in [0.1, 0.15) is 5.82 Å². The molecule has 2 fully saturated rings. The number of hydrogen-bond acceptors (Lipinski definition) is 4. The van der Waals surface area contributed by atoms with Crippen LogP contribution in [0.1, 0.15) is 43.2 Å². The van der Waals surface area contributed by atoms with Crippen LogP contribution in [0.15, 0.2) is 41.3 Å². The third-order valence-electron chi connectivity index (χ3n) is 7.14. The Morgan fingerprint density at radius 1 is 1.06 bits per heavy atom. The zero-order valence-electron chi connectivity index (χ0n) is 19.0. The molecule has 9 heteroatoms. The van der Waals surface area contributed by atoms with Crippen molar-refractivity contribution < 1.29 is 26.4 Å². The van der Waals surface area contributed by atoms with E-state index in [0.717, 1.165) is 24.5 Å². The van der Waals surface area contributed by atoms with Gasteiger partial charge in [-0.15, -0.1) is 0 Å². The van der Waals surface area contributed by atoms with Crippen molar-refractivity contribution in [2.75, 3.05) is 5.75 Å². The van der Waals surface area contributed by atoms with Crippen molar-refractivity contribution in [2.45, 2.75) is 68.5 Å². The van der Waals surface area contributed by atoms with E-state index in [2.05, 4.69) is 0 Å². The first-order chi connectivity index (χ1) is 16.0. The fraction of sp³-hybridized carbons (Fsp3) is 0.480. The van der Waals surface area contributed by atoms with Crippen molar-refractivity contribution in [2.24, 2.45) is 11.7 Å². The van der Waals surface area contributed by atoms with E-state index in [1.807, 2.05) is 17.9 Å². The molecule has 2 aromatic rings. The van der Waals surface area contributed by atoms with Gasteiger partial charge in [0, 0.05) is 30.6 Å². The fourth-order valence-corrected chi connectivity index (χ4v) is 6.72. The number of piperidine rings is 1. The molecular formula is C25H29F3N2O3S. The number of aryl methyl sites for hydroxylation is 1. The molecule has 4 rings (SSSR count). The summed E-state index contributed by atoms with van der Waals surface area (Å²) in [6.45, 7) is 1.82. The molecule has 2 heterocycles. The lowest BCUT2D eigenvalue weighted by atomic mass is 9.82. The number of carbonyl (C=O) groups excluding carboxylic acids is 1. The summed E-state index contributed by atoms with van der Waals surface area (Å²) in [5.41, 5.74) is 7.22. The Kier molecular flexibility index (Phi) is 7.05. The van der Waals surface area contributed by atoms with Gasteiger partial charge in [0.15, 0.2) is 21.5 Å². The van der Waals surface area contributed by atoms with E-state index >= 15 is 0 Å². The summed E-state index contributed by atoms with van der Waals surface area (Å²) in [6, 6.07) is 7.49. The van der Waals surface area contributed by atoms with Crippen LogP contribution < -0.4 is 5.73 Å². The maximum Gasteiger partial charge on any atom is 0.224 e. The predicted molar refractivity (Wildman–Crippen MR) is 122 cm³/mol. The Morgan fingerprint density at radius 2 is 1.71 bits per heavy atom. The number of rotatable bonds is 7. The molecule has 0 aromatic heterocycles. The van der Waals surface area contributed by atoms with E-state index in [-0.39, 0.29) is 53.0 Å². The smallest absolute Gasteiger partial charge is 0.224 e. The maximum atomic E-state index is 14.1. The van der Waals surface area contributed by atoms with Crippen LogP contribution in [0.4, 0.5) is 13.2 Å². The Labute approximate surface area is 198 Å². The summed E-state index contributed by atoms with van der Waals surface area (Å²) in [6.07, 6.45) is 2.86. The number of nitrogens with zero attached hydrogens (tertiary/aromatic N) is 1. The monoisotopic (exact) mass is 494 g/mol. The van der Waals surface area contributed by atoms with Crippen LogP contribution in [-0.4, -0.2) is 43.1 Å². The SMILES string of the molecule is Cc1cccc(S(=O)(=O)CCC(=O)N2[C@@H]3CC[C@H]2CC([C@H](N)Cc2cc(F)c(F)cc2F)C3)c1. The third-order valence-corrected chi connectivity index (χ3v) is 8.86. The van der Waals surface area contributed by atoms with Crippen LogP contribution in [0.3, 0.4) is 0 Å². The number of fused-ring (bicyclic) bond motifs is 2. The molecule has 2 aliphatic rings. The van der Waals surface area contributed by atoms with E-state index in [1.165, 1.54) is 0 Å². The summed E-state index contributed by atoms with van der Waals surface area (Å²) < 4.78 is 66.1.